The summed E-state index contributed by atoms with van der Waals surface area (Å²) in [6.45, 7) is 3.41. The Kier molecular flexibility index (Phi) is 6.54. The Morgan fingerprint density at radius 2 is 2.17 bits per heavy atom. The van der Waals surface area contributed by atoms with E-state index < -0.39 is 0 Å². The lowest BCUT2D eigenvalue weighted by Gasteiger charge is -2.12. The molecule has 0 radical (unpaired) electrons. The van der Waals surface area contributed by atoms with Gasteiger partial charge in [0.2, 0.25) is 5.91 Å². The monoisotopic (exact) mass is 271 g/mol. The third kappa shape index (κ3) is 4.94. The van der Waals surface area contributed by atoms with Crippen LogP contribution in [0.4, 0.5) is 0 Å². The number of methoxy groups -OCH3 is 1. The van der Waals surface area contributed by atoms with Crippen LogP contribution in [-0.4, -0.2) is 32.1 Å². The first kappa shape index (κ1) is 14.8. The summed E-state index contributed by atoms with van der Waals surface area (Å²) in [5.74, 6) is 0.535. The average Bonchev–Trinajstić information content (AvgIpc) is 2.37. The molecule has 18 heavy (non-hydrogen) atoms. The van der Waals surface area contributed by atoms with Gasteiger partial charge in [0.05, 0.1) is 6.61 Å². The number of alkyl halides is 1. The molecule has 0 bridgehead atoms. The van der Waals surface area contributed by atoms with Gasteiger partial charge >= 0.3 is 0 Å². The molecule has 0 atom stereocenters. The summed E-state index contributed by atoms with van der Waals surface area (Å²) in [5, 5.41) is 2.72. The van der Waals surface area contributed by atoms with Gasteiger partial charge < -0.3 is 14.8 Å². The SMILES string of the molecule is COCCOc1cc(C)ccc1CNC(=O)CCl. The van der Waals surface area contributed by atoms with Crippen LogP contribution >= 0.6 is 11.6 Å². The van der Waals surface area contributed by atoms with Crippen molar-refractivity contribution in [1.29, 1.82) is 0 Å². The maximum absolute atomic E-state index is 11.1. The van der Waals surface area contributed by atoms with E-state index in [9.17, 15) is 4.79 Å². The van der Waals surface area contributed by atoms with Crippen LogP contribution in [0, 0.1) is 6.92 Å². The third-order valence-corrected chi connectivity index (χ3v) is 2.61. The molecule has 0 heterocycles. The molecular formula is C13H18ClNO3. The highest BCUT2D eigenvalue weighted by atomic mass is 35.5. The van der Waals surface area contributed by atoms with Crippen LogP contribution in [0.3, 0.4) is 0 Å². The molecule has 0 unspecified atom stereocenters. The molecule has 4 nitrogen and oxygen atoms in total. The Bertz CT molecular complexity index is 396. The largest absolute Gasteiger partial charge is 0.491 e. The molecule has 5 heteroatoms. The van der Waals surface area contributed by atoms with Crippen molar-refractivity contribution < 1.29 is 14.3 Å². The van der Waals surface area contributed by atoms with Gasteiger partial charge in [-0.25, -0.2) is 0 Å². The van der Waals surface area contributed by atoms with Crippen LogP contribution in [0.2, 0.25) is 0 Å². The molecule has 1 aromatic carbocycles. The summed E-state index contributed by atoms with van der Waals surface area (Å²) in [7, 11) is 1.63. The van der Waals surface area contributed by atoms with E-state index in [0.717, 1.165) is 16.9 Å². The Morgan fingerprint density at radius 1 is 1.39 bits per heavy atom. The highest BCUT2D eigenvalue weighted by Crippen LogP contribution is 2.20. The second-order valence-electron chi connectivity index (χ2n) is 3.86. The molecule has 0 aromatic heterocycles. The predicted octanol–water partition coefficient (Wildman–Crippen LogP) is 1.88. The first-order chi connectivity index (χ1) is 8.67. The molecule has 0 aliphatic carbocycles. The first-order valence-electron chi connectivity index (χ1n) is 5.71. The summed E-state index contributed by atoms with van der Waals surface area (Å²) < 4.78 is 10.6. The molecule has 0 aliphatic heterocycles. The molecule has 0 saturated carbocycles. The molecule has 0 saturated heterocycles. The smallest absolute Gasteiger partial charge is 0.235 e. The number of carbonyl (C=O) groups is 1. The Balaban J connectivity index is 2.66. The van der Waals surface area contributed by atoms with E-state index in [1.54, 1.807) is 7.11 Å². The minimum atomic E-state index is -0.194. The molecular weight excluding hydrogens is 254 g/mol. The van der Waals surface area contributed by atoms with E-state index in [0.29, 0.717) is 19.8 Å². The summed E-state index contributed by atoms with van der Waals surface area (Å²) in [6.07, 6.45) is 0. The summed E-state index contributed by atoms with van der Waals surface area (Å²) in [6, 6.07) is 5.86. The van der Waals surface area contributed by atoms with E-state index in [1.165, 1.54) is 0 Å². The quantitative estimate of drug-likeness (QED) is 0.608. The average molecular weight is 272 g/mol. The van der Waals surface area contributed by atoms with E-state index in [1.807, 2.05) is 25.1 Å². The summed E-state index contributed by atoms with van der Waals surface area (Å²) in [5.41, 5.74) is 2.03. The van der Waals surface area contributed by atoms with Gasteiger partial charge in [-0.2, -0.15) is 0 Å². The van der Waals surface area contributed by atoms with Crippen LogP contribution in [0.25, 0.3) is 0 Å². The number of benzene rings is 1. The van der Waals surface area contributed by atoms with Crippen LogP contribution < -0.4 is 10.1 Å². The van der Waals surface area contributed by atoms with Crippen molar-refractivity contribution in [3.8, 4) is 5.75 Å². The maximum Gasteiger partial charge on any atom is 0.235 e. The third-order valence-electron chi connectivity index (χ3n) is 2.37. The standard InChI is InChI=1S/C13H18ClNO3/c1-10-3-4-11(9-15-13(16)8-14)12(7-10)18-6-5-17-2/h3-4,7H,5-6,8-9H2,1-2H3,(H,15,16). The molecule has 100 valence electrons. The van der Waals surface area contributed by atoms with E-state index in [4.69, 9.17) is 21.1 Å². The zero-order valence-corrected chi connectivity index (χ0v) is 11.4. The number of nitrogens with one attached hydrogen (secondary N) is 1. The number of rotatable bonds is 7. The Labute approximate surface area is 112 Å². The molecule has 1 N–H and O–H groups in total. The molecule has 1 aromatic rings. The van der Waals surface area contributed by atoms with E-state index in [-0.39, 0.29) is 11.8 Å². The number of carbonyl (C=O) groups excluding carboxylic acids is 1. The number of amides is 1. The lowest BCUT2D eigenvalue weighted by atomic mass is 10.1. The van der Waals surface area contributed by atoms with Gasteiger partial charge in [0, 0.05) is 19.2 Å². The number of hydrogen-bond acceptors (Lipinski definition) is 3. The van der Waals surface area contributed by atoms with Crippen molar-refractivity contribution in [2.75, 3.05) is 26.2 Å². The van der Waals surface area contributed by atoms with Crippen LogP contribution in [0.15, 0.2) is 18.2 Å². The highest BCUT2D eigenvalue weighted by Gasteiger charge is 2.06. The van der Waals surface area contributed by atoms with Gasteiger partial charge in [-0.3, -0.25) is 4.79 Å². The Morgan fingerprint density at radius 3 is 2.83 bits per heavy atom. The fourth-order valence-corrected chi connectivity index (χ4v) is 1.51. The maximum atomic E-state index is 11.1. The molecule has 0 fully saturated rings. The van der Waals surface area contributed by atoms with Gasteiger partial charge in [-0.1, -0.05) is 12.1 Å². The van der Waals surface area contributed by atoms with Crippen molar-refractivity contribution in [2.45, 2.75) is 13.5 Å². The van der Waals surface area contributed by atoms with Crippen molar-refractivity contribution in [1.82, 2.24) is 5.32 Å². The highest BCUT2D eigenvalue weighted by molar-refractivity contribution is 6.27. The van der Waals surface area contributed by atoms with E-state index >= 15 is 0 Å². The van der Waals surface area contributed by atoms with Crippen molar-refractivity contribution >= 4 is 17.5 Å². The fraction of sp³-hybridized carbons (Fsp3) is 0.462. The van der Waals surface area contributed by atoms with Gasteiger partial charge in [-0.15, -0.1) is 11.6 Å². The minimum absolute atomic E-state index is 0.0360. The molecule has 0 aliphatic rings. The summed E-state index contributed by atoms with van der Waals surface area (Å²) in [4.78, 5) is 11.1. The zero-order chi connectivity index (χ0) is 13.4. The lowest BCUT2D eigenvalue weighted by Crippen LogP contribution is -2.24. The number of hydrogen-bond donors (Lipinski definition) is 1. The topological polar surface area (TPSA) is 47.6 Å². The second kappa shape index (κ2) is 7.95. The van der Waals surface area contributed by atoms with Crippen LogP contribution in [-0.2, 0) is 16.1 Å². The minimum Gasteiger partial charge on any atom is -0.491 e. The number of aryl methyl sites for hydroxylation is 1. The van der Waals surface area contributed by atoms with Gasteiger partial charge in [0.25, 0.3) is 0 Å². The molecule has 1 rings (SSSR count). The first-order valence-corrected chi connectivity index (χ1v) is 6.24. The van der Waals surface area contributed by atoms with Crippen molar-refractivity contribution in [3.05, 3.63) is 29.3 Å². The predicted molar refractivity (Wildman–Crippen MR) is 71.1 cm³/mol. The fourth-order valence-electron chi connectivity index (χ4n) is 1.42. The van der Waals surface area contributed by atoms with Gasteiger partial charge in [0.15, 0.2) is 0 Å². The van der Waals surface area contributed by atoms with E-state index in [2.05, 4.69) is 5.32 Å². The molecule has 0 spiro atoms. The second-order valence-corrected chi connectivity index (χ2v) is 4.13. The lowest BCUT2D eigenvalue weighted by molar-refractivity contribution is -0.118. The van der Waals surface area contributed by atoms with Gasteiger partial charge in [0.1, 0.15) is 18.2 Å². The van der Waals surface area contributed by atoms with Crippen LogP contribution in [0.5, 0.6) is 5.75 Å². The zero-order valence-electron chi connectivity index (χ0n) is 10.7. The number of halogens is 1. The van der Waals surface area contributed by atoms with Gasteiger partial charge in [-0.05, 0) is 18.6 Å². The van der Waals surface area contributed by atoms with Crippen LogP contribution in [0.1, 0.15) is 11.1 Å². The van der Waals surface area contributed by atoms with Crippen molar-refractivity contribution in [2.24, 2.45) is 0 Å². The number of ether oxygens (including phenoxy) is 2. The van der Waals surface area contributed by atoms with Crippen molar-refractivity contribution in [3.63, 3.8) is 0 Å². The Hall–Kier alpha value is -1.26. The summed E-state index contributed by atoms with van der Waals surface area (Å²) >= 11 is 5.43. The normalized spacial score (nSPS) is 10.2. The molecule has 1 amide bonds.